The summed E-state index contributed by atoms with van der Waals surface area (Å²) in [7, 11) is 0. The van der Waals surface area contributed by atoms with Gasteiger partial charge in [0.2, 0.25) is 0 Å². The van der Waals surface area contributed by atoms with Crippen LogP contribution in [0.15, 0.2) is 127 Å². The third-order valence-corrected chi connectivity index (χ3v) is 6.91. The Morgan fingerprint density at radius 3 is 1.80 bits per heavy atom. The van der Waals surface area contributed by atoms with Crippen LogP contribution < -0.4 is 0 Å². The van der Waals surface area contributed by atoms with Gasteiger partial charge in [-0.15, -0.1) is 35.9 Å². The molecule has 7 aromatic rings. The number of nitrogens with zero attached hydrogens (tertiary/aromatic N) is 2. The molecule has 7 rings (SSSR count). The van der Waals surface area contributed by atoms with E-state index in [2.05, 4.69) is 108 Å². The maximum atomic E-state index is 10.0. The molecule has 0 saturated heterocycles. The zero-order valence-corrected chi connectivity index (χ0v) is 25.0. The van der Waals surface area contributed by atoms with E-state index in [9.17, 15) is 4.79 Å². The van der Waals surface area contributed by atoms with Crippen molar-refractivity contribution in [2.45, 2.75) is 13.8 Å². The molecule has 5 heteroatoms. The van der Waals surface area contributed by atoms with Gasteiger partial charge in [0.25, 0.3) is 0 Å². The molecule has 0 aliphatic rings. The molecule has 0 bridgehead atoms. The Morgan fingerprint density at radius 1 is 0.707 bits per heavy atom. The van der Waals surface area contributed by atoms with E-state index >= 15 is 0 Å². The standard InChI is InChI=1S/C31H19N2.C5H8O2.Ir/c1-2-11-21(12-3-1)31-32-28-19-10-18-27-25-16-7-5-14-23(25)22-13-4-6-15-24(22)26-17-8-9-20-29(26)33(31)30(27)28;1-4(6)3-5(2)7;/h1-11,13-20H;3,6H,1-2H3;/q-1;;/b;4-3-;. The van der Waals surface area contributed by atoms with Gasteiger partial charge in [-0.1, -0.05) is 78.9 Å². The summed E-state index contributed by atoms with van der Waals surface area (Å²) in [6.07, 6.45) is 1.17. The van der Waals surface area contributed by atoms with Crippen molar-refractivity contribution in [1.82, 2.24) is 9.38 Å². The SMILES string of the molecule is CC(=O)/C=C(/C)O.[Ir].[c-]1ccccc1-c1nc2cccc3c4ccccc4c4ccccc4c4ccccc4n1c23. The summed E-state index contributed by atoms with van der Waals surface area (Å²) in [5.74, 6) is 0.842. The number of allylic oxidation sites excluding steroid dienone is 2. The summed E-state index contributed by atoms with van der Waals surface area (Å²) in [6, 6.07) is 44.0. The number of imidazole rings is 1. The minimum Gasteiger partial charge on any atom is -0.512 e. The molecular formula is C36H27IrN2O2-. The minimum atomic E-state index is -0.125. The van der Waals surface area contributed by atoms with Crippen molar-refractivity contribution in [1.29, 1.82) is 0 Å². The molecule has 2 heterocycles. The average molecular weight is 712 g/mol. The summed E-state index contributed by atoms with van der Waals surface area (Å²) in [5.41, 5.74) is 4.21. The minimum absolute atomic E-state index is 0. The molecule has 0 saturated carbocycles. The number of carbonyl (C=O) groups excluding carboxylic acids is 1. The third kappa shape index (κ3) is 5.30. The molecule has 1 radical (unpaired) electrons. The molecule has 0 unspecified atom stereocenters. The second-order valence-electron chi connectivity index (χ2n) is 9.73. The van der Waals surface area contributed by atoms with Gasteiger partial charge in [0.05, 0.1) is 22.6 Å². The number of aromatic nitrogens is 2. The van der Waals surface area contributed by atoms with E-state index in [1.165, 1.54) is 52.2 Å². The van der Waals surface area contributed by atoms with Crippen molar-refractivity contribution >= 4 is 54.7 Å². The number of aliphatic hydroxyl groups excluding tert-OH is 1. The van der Waals surface area contributed by atoms with E-state index in [4.69, 9.17) is 10.1 Å². The molecule has 0 amide bonds. The van der Waals surface area contributed by atoms with Crippen molar-refractivity contribution in [2.75, 3.05) is 0 Å². The first kappa shape index (κ1) is 28.0. The van der Waals surface area contributed by atoms with Crippen molar-refractivity contribution in [3.63, 3.8) is 0 Å². The predicted octanol–water partition coefficient (Wildman–Crippen LogP) is 9.01. The van der Waals surface area contributed by atoms with Crippen LogP contribution in [0.3, 0.4) is 0 Å². The second-order valence-corrected chi connectivity index (χ2v) is 9.73. The van der Waals surface area contributed by atoms with Crippen LogP contribution in [0.5, 0.6) is 0 Å². The Labute approximate surface area is 251 Å². The predicted molar refractivity (Wildman–Crippen MR) is 165 cm³/mol. The normalized spacial score (nSPS) is 11.3. The molecule has 0 fully saturated rings. The van der Waals surface area contributed by atoms with Gasteiger partial charge < -0.3 is 9.51 Å². The summed E-state index contributed by atoms with van der Waals surface area (Å²) in [5, 5.41) is 15.6. The molecule has 0 aliphatic carbocycles. The molecule has 203 valence electrons. The van der Waals surface area contributed by atoms with Crippen LogP contribution in [0.4, 0.5) is 0 Å². The van der Waals surface area contributed by atoms with Crippen molar-refractivity contribution in [3.05, 3.63) is 133 Å². The number of aliphatic hydroxyl groups is 1. The van der Waals surface area contributed by atoms with E-state index in [-0.39, 0.29) is 31.6 Å². The summed E-state index contributed by atoms with van der Waals surface area (Å²) in [6.45, 7) is 2.85. The summed E-state index contributed by atoms with van der Waals surface area (Å²) < 4.78 is 2.32. The average Bonchev–Trinajstić information content (AvgIpc) is 3.38. The van der Waals surface area contributed by atoms with E-state index in [0.717, 1.165) is 27.9 Å². The Hall–Kier alpha value is -4.57. The smallest absolute Gasteiger partial charge is 0.155 e. The largest absolute Gasteiger partial charge is 0.512 e. The molecule has 2 aromatic heterocycles. The van der Waals surface area contributed by atoms with Gasteiger partial charge in [-0.2, -0.15) is 0 Å². The first-order valence-corrected chi connectivity index (χ1v) is 13.2. The van der Waals surface area contributed by atoms with Gasteiger partial charge in [0.1, 0.15) is 0 Å². The number of hydrogen-bond donors (Lipinski definition) is 1. The molecule has 0 aliphatic heterocycles. The van der Waals surface area contributed by atoms with E-state index in [1.54, 1.807) is 0 Å². The van der Waals surface area contributed by atoms with Crippen molar-refractivity contribution < 1.29 is 30.0 Å². The maximum absolute atomic E-state index is 10.0. The molecule has 5 aromatic carbocycles. The molecule has 0 spiro atoms. The quantitative estimate of drug-likeness (QED) is 0.111. The van der Waals surface area contributed by atoms with Crippen molar-refractivity contribution in [2.24, 2.45) is 0 Å². The zero-order chi connectivity index (χ0) is 27.6. The fourth-order valence-corrected chi connectivity index (χ4v) is 5.39. The maximum Gasteiger partial charge on any atom is 0.155 e. The van der Waals surface area contributed by atoms with Crippen LogP contribution in [0.2, 0.25) is 0 Å². The number of hydrogen-bond acceptors (Lipinski definition) is 3. The van der Waals surface area contributed by atoms with Gasteiger partial charge in [-0.25, -0.2) is 0 Å². The Kier molecular flexibility index (Phi) is 8.11. The number of rotatable bonds is 2. The number of benzene rings is 5. The van der Waals surface area contributed by atoms with Crippen LogP contribution in [0, 0.1) is 6.07 Å². The second kappa shape index (κ2) is 11.9. The van der Waals surface area contributed by atoms with Crippen LogP contribution in [0.1, 0.15) is 13.8 Å². The van der Waals surface area contributed by atoms with Crippen LogP contribution >= 0.6 is 0 Å². The van der Waals surface area contributed by atoms with Gasteiger partial charge in [-0.05, 0) is 47.5 Å². The molecule has 1 N–H and O–H groups in total. The molecular weight excluding hydrogens is 685 g/mol. The zero-order valence-electron chi connectivity index (χ0n) is 22.6. The van der Waals surface area contributed by atoms with Gasteiger partial charge >= 0.3 is 0 Å². The van der Waals surface area contributed by atoms with Crippen LogP contribution in [0.25, 0.3) is 60.3 Å². The van der Waals surface area contributed by atoms with E-state index in [0.29, 0.717) is 0 Å². The van der Waals surface area contributed by atoms with Gasteiger partial charge in [0.15, 0.2) is 5.78 Å². The van der Waals surface area contributed by atoms with Crippen molar-refractivity contribution in [3.8, 4) is 11.4 Å². The number of fused-ring (bicyclic) bond motifs is 7. The first-order valence-electron chi connectivity index (χ1n) is 13.2. The van der Waals surface area contributed by atoms with Gasteiger partial charge in [-0.3, -0.25) is 9.78 Å². The summed E-state index contributed by atoms with van der Waals surface area (Å²) >= 11 is 0. The van der Waals surface area contributed by atoms with E-state index < -0.39 is 0 Å². The fraction of sp³-hybridized carbons (Fsp3) is 0.0556. The molecule has 0 atom stereocenters. The third-order valence-electron chi connectivity index (χ3n) is 6.91. The number of para-hydroxylation sites is 2. The Balaban J connectivity index is 0.000000379. The van der Waals surface area contributed by atoms with Crippen LogP contribution in [-0.4, -0.2) is 20.3 Å². The Morgan fingerprint density at radius 2 is 1.24 bits per heavy atom. The molecule has 41 heavy (non-hydrogen) atoms. The molecule has 4 nitrogen and oxygen atoms in total. The van der Waals surface area contributed by atoms with Crippen LogP contribution in [-0.2, 0) is 24.9 Å². The topological polar surface area (TPSA) is 54.6 Å². The fourth-order valence-electron chi connectivity index (χ4n) is 5.39. The monoisotopic (exact) mass is 712 g/mol. The summed E-state index contributed by atoms with van der Waals surface area (Å²) in [4.78, 5) is 15.1. The number of carbonyl (C=O) groups is 1. The number of ketones is 1. The van der Waals surface area contributed by atoms with Gasteiger partial charge in [0, 0.05) is 42.5 Å². The Bertz CT molecular complexity index is 2110. The van der Waals surface area contributed by atoms with E-state index in [1.807, 2.05) is 18.2 Å². The first-order chi connectivity index (χ1) is 19.5.